The second kappa shape index (κ2) is 4.28. The maximum atomic E-state index is 5.54. The van der Waals surface area contributed by atoms with E-state index in [4.69, 9.17) is 20.5 Å². The fourth-order valence-corrected chi connectivity index (χ4v) is 1.24. The highest BCUT2D eigenvalue weighted by Crippen LogP contribution is 2.07. The van der Waals surface area contributed by atoms with Gasteiger partial charge in [0.25, 0.3) is 0 Å². The zero-order chi connectivity index (χ0) is 9.80. The number of aryl methyl sites for hydroxylation is 2. The summed E-state index contributed by atoms with van der Waals surface area (Å²) >= 11 is 5.54. The molecule has 14 heavy (non-hydrogen) atoms. The van der Waals surface area contributed by atoms with E-state index in [1.807, 2.05) is 12.1 Å². The standard InChI is InChI=1S/C9H9ClN2O2/c10-6-8-11-9(14-12-8)4-3-7-2-1-5-13-7/h1-2,5H,3-4,6H2. The van der Waals surface area contributed by atoms with E-state index in [0.717, 1.165) is 12.2 Å². The average Bonchev–Trinajstić information content (AvgIpc) is 2.86. The van der Waals surface area contributed by atoms with Crippen molar-refractivity contribution in [1.82, 2.24) is 10.1 Å². The summed E-state index contributed by atoms with van der Waals surface area (Å²) in [5.41, 5.74) is 0. The summed E-state index contributed by atoms with van der Waals surface area (Å²) in [6.07, 6.45) is 3.08. The minimum absolute atomic E-state index is 0.282. The van der Waals surface area contributed by atoms with Gasteiger partial charge in [-0.05, 0) is 12.1 Å². The van der Waals surface area contributed by atoms with Gasteiger partial charge < -0.3 is 8.94 Å². The average molecular weight is 213 g/mol. The SMILES string of the molecule is ClCc1noc(CCc2ccco2)n1. The molecule has 0 fully saturated rings. The molecule has 74 valence electrons. The van der Waals surface area contributed by atoms with Crippen molar-refractivity contribution in [3.8, 4) is 0 Å². The summed E-state index contributed by atoms with van der Waals surface area (Å²) in [6, 6.07) is 3.77. The summed E-state index contributed by atoms with van der Waals surface area (Å²) in [6.45, 7) is 0. The van der Waals surface area contributed by atoms with E-state index in [1.165, 1.54) is 0 Å². The van der Waals surface area contributed by atoms with Crippen LogP contribution in [0.4, 0.5) is 0 Å². The predicted octanol–water partition coefficient (Wildman–Crippen LogP) is 2.19. The quantitative estimate of drug-likeness (QED) is 0.729. The topological polar surface area (TPSA) is 52.1 Å². The first-order valence-corrected chi connectivity index (χ1v) is 4.82. The van der Waals surface area contributed by atoms with Crippen LogP contribution in [0.1, 0.15) is 17.5 Å². The number of alkyl halides is 1. The molecule has 0 spiro atoms. The Morgan fingerprint density at radius 2 is 2.29 bits per heavy atom. The summed E-state index contributed by atoms with van der Waals surface area (Å²) in [5.74, 6) is 2.32. The molecule has 0 atom stereocenters. The summed E-state index contributed by atoms with van der Waals surface area (Å²) < 4.78 is 10.1. The Hall–Kier alpha value is -1.29. The van der Waals surface area contributed by atoms with E-state index in [0.29, 0.717) is 18.1 Å². The number of rotatable bonds is 4. The molecule has 2 aromatic heterocycles. The van der Waals surface area contributed by atoms with E-state index in [1.54, 1.807) is 6.26 Å². The van der Waals surface area contributed by atoms with Crippen LogP contribution in [0.2, 0.25) is 0 Å². The Morgan fingerprint density at radius 3 is 2.93 bits per heavy atom. The van der Waals surface area contributed by atoms with Crippen molar-refractivity contribution in [2.45, 2.75) is 18.7 Å². The minimum atomic E-state index is 0.282. The third-order valence-electron chi connectivity index (χ3n) is 1.80. The monoisotopic (exact) mass is 212 g/mol. The van der Waals surface area contributed by atoms with Crippen molar-refractivity contribution in [3.63, 3.8) is 0 Å². The Kier molecular flexibility index (Phi) is 2.84. The van der Waals surface area contributed by atoms with E-state index in [-0.39, 0.29) is 5.88 Å². The van der Waals surface area contributed by atoms with Gasteiger partial charge in [-0.15, -0.1) is 11.6 Å². The van der Waals surface area contributed by atoms with Crippen molar-refractivity contribution in [2.75, 3.05) is 0 Å². The van der Waals surface area contributed by atoms with Gasteiger partial charge in [0.2, 0.25) is 5.89 Å². The maximum absolute atomic E-state index is 5.54. The van der Waals surface area contributed by atoms with Crippen molar-refractivity contribution in [3.05, 3.63) is 35.9 Å². The molecule has 0 aliphatic rings. The lowest BCUT2D eigenvalue weighted by atomic mass is 10.2. The Labute approximate surface area is 85.9 Å². The Bertz CT molecular complexity index is 383. The number of nitrogens with zero attached hydrogens (tertiary/aromatic N) is 2. The largest absolute Gasteiger partial charge is 0.469 e. The highest BCUT2D eigenvalue weighted by Gasteiger charge is 2.05. The van der Waals surface area contributed by atoms with E-state index >= 15 is 0 Å². The predicted molar refractivity (Wildman–Crippen MR) is 50.0 cm³/mol. The summed E-state index contributed by atoms with van der Waals surface area (Å²) in [7, 11) is 0. The van der Waals surface area contributed by atoms with Gasteiger partial charge in [0.1, 0.15) is 5.76 Å². The molecule has 0 amide bonds. The fraction of sp³-hybridized carbons (Fsp3) is 0.333. The lowest BCUT2D eigenvalue weighted by Crippen LogP contribution is -1.90. The van der Waals surface area contributed by atoms with Crippen LogP contribution in [0.25, 0.3) is 0 Å². The molecule has 2 heterocycles. The second-order valence-electron chi connectivity index (χ2n) is 2.82. The molecule has 2 rings (SSSR count). The van der Waals surface area contributed by atoms with Gasteiger partial charge in [-0.2, -0.15) is 4.98 Å². The van der Waals surface area contributed by atoms with E-state index in [9.17, 15) is 0 Å². The van der Waals surface area contributed by atoms with Crippen LogP contribution in [0, 0.1) is 0 Å². The third-order valence-corrected chi connectivity index (χ3v) is 2.03. The van der Waals surface area contributed by atoms with Crippen LogP contribution in [0.5, 0.6) is 0 Å². The van der Waals surface area contributed by atoms with Gasteiger partial charge >= 0.3 is 0 Å². The van der Waals surface area contributed by atoms with Crippen molar-refractivity contribution >= 4 is 11.6 Å². The van der Waals surface area contributed by atoms with Gasteiger partial charge in [0.15, 0.2) is 5.82 Å². The van der Waals surface area contributed by atoms with Gasteiger partial charge in [-0.25, -0.2) is 0 Å². The molecule has 5 heteroatoms. The molecule has 2 aromatic rings. The number of halogens is 1. The lowest BCUT2D eigenvalue weighted by molar-refractivity contribution is 0.370. The van der Waals surface area contributed by atoms with Crippen LogP contribution in [0.3, 0.4) is 0 Å². The Morgan fingerprint density at radius 1 is 1.36 bits per heavy atom. The van der Waals surface area contributed by atoms with Gasteiger partial charge in [-0.3, -0.25) is 0 Å². The second-order valence-corrected chi connectivity index (χ2v) is 3.08. The molecule has 0 saturated heterocycles. The van der Waals surface area contributed by atoms with Crippen LogP contribution in [0.15, 0.2) is 27.3 Å². The normalized spacial score (nSPS) is 10.6. The number of hydrogen-bond acceptors (Lipinski definition) is 4. The molecule has 4 nitrogen and oxygen atoms in total. The van der Waals surface area contributed by atoms with Crippen LogP contribution in [-0.4, -0.2) is 10.1 Å². The summed E-state index contributed by atoms with van der Waals surface area (Å²) in [4.78, 5) is 4.08. The highest BCUT2D eigenvalue weighted by molar-refractivity contribution is 6.16. The Balaban J connectivity index is 1.92. The molecule has 0 N–H and O–H groups in total. The van der Waals surface area contributed by atoms with Gasteiger partial charge in [0.05, 0.1) is 12.1 Å². The maximum Gasteiger partial charge on any atom is 0.227 e. The number of aromatic nitrogens is 2. The van der Waals surface area contributed by atoms with Crippen LogP contribution >= 0.6 is 11.6 Å². The van der Waals surface area contributed by atoms with Crippen LogP contribution < -0.4 is 0 Å². The van der Waals surface area contributed by atoms with Crippen molar-refractivity contribution in [1.29, 1.82) is 0 Å². The number of furan rings is 1. The first-order chi connectivity index (χ1) is 6.88. The fourth-order valence-electron chi connectivity index (χ4n) is 1.13. The summed E-state index contributed by atoms with van der Waals surface area (Å²) in [5, 5.41) is 3.69. The minimum Gasteiger partial charge on any atom is -0.469 e. The number of hydrogen-bond donors (Lipinski definition) is 0. The molecular formula is C9H9ClN2O2. The molecule has 0 aromatic carbocycles. The molecule has 0 aliphatic heterocycles. The highest BCUT2D eigenvalue weighted by atomic mass is 35.5. The molecule has 0 saturated carbocycles. The van der Waals surface area contributed by atoms with Crippen molar-refractivity contribution < 1.29 is 8.94 Å². The zero-order valence-corrected chi connectivity index (χ0v) is 8.20. The lowest BCUT2D eigenvalue weighted by Gasteiger charge is -1.90. The van der Waals surface area contributed by atoms with E-state index < -0.39 is 0 Å². The van der Waals surface area contributed by atoms with E-state index in [2.05, 4.69) is 10.1 Å². The third kappa shape index (κ3) is 2.14. The molecule has 0 unspecified atom stereocenters. The molecule has 0 aliphatic carbocycles. The van der Waals surface area contributed by atoms with Crippen LogP contribution in [-0.2, 0) is 18.7 Å². The first-order valence-electron chi connectivity index (χ1n) is 4.28. The van der Waals surface area contributed by atoms with Gasteiger partial charge in [0, 0.05) is 12.8 Å². The zero-order valence-electron chi connectivity index (χ0n) is 7.44. The molecule has 0 radical (unpaired) electrons. The van der Waals surface area contributed by atoms with Crippen molar-refractivity contribution in [2.24, 2.45) is 0 Å². The molecule has 0 bridgehead atoms. The smallest absolute Gasteiger partial charge is 0.227 e. The molecular weight excluding hydrogens is 204 g/mol. The first kappa shape index (κ1) is 9.27. The van der Waals surface area contributed by atoms with Gasteiger partial charge in [-0.1, -0.05) is 5.16 Å².